The summed E-state index contributed by atoms with van der Waals surface area (Å²) < 4.78 is 42.3. The van der Waals surface area contributed by atoms with Gasteiger partial charge in [0.1, 0.15) is 23.6 Å². The number of hydrogen-bond acceptors (Lipinski definition) is 4. The van der Waals surface area contributed by atoms with Crippen molar-refractivity contribution in [2.45, 2.75) is 45.1 Å². The highest BCUT2D eigenvalue weighted by atomic mass is 19.3. The van der Waals surface area contributed by atoms with E-state index in [1.807, 2.05) is 0 Å². The molecule has 2 aromatic heterocycles. The van der Waals surface area contributed by atoms with E-state index in [4.69, 9.17) is 0 Å². The number of rotatable bonds is 5. The van der Waals surface area contributed by atoms with E-state index in [9.17, 15) is 18.0 Å². The fourth-order valence-electron chi connectivity index (χ4n) is 4.05. The third-order valence-electron chi connectivity index (χ3n) is 5.75. The van der Waals surface area contributed by atoms with Crippen molar-refractivity contribution in [3.05, 3.63) is 69.5 Å². The van der Waals surface area contributed by atoms with Crippen molar-refractivity contribution in [3.63, 3.8) is 0 Å². The van der Waals surface area contributed by atoms with Gasteiger partial charge in [-0.25, -0.2) is 23.1 Å². The Morgan fingerprint density at radius 3 is 2.65 bits per heavy atom. The Morgan fingerprint density at radius 2 is 1.94 bits per heavy atom. The molecule has 1 N–H and O–H groups in total. The normalized spacial score (nSPS) is 15.2. The second-order valence-electron chi connectivity index (χ2n) is 7.77. The number of fused-ring (bicyclic) bond motifs is 1. The molecular formula is C23H23F3N4O. The van der Waals surface area contributed by atoms with Crippen LogP contribution in [0.15, 0.2) is 41.5 Å². The molecule has 1 atom stereocenters. The zero-order chi connectivity index (χ0) is 22.1. The van der Waals surface area contributed by atoms with Gasteiger partial charge in [-0.3, -0.25) is 9.36 Å². The molecule has 0 spiro atoms. The maximum Gasteiger partial charge on any atom is 0.266 e. The molecule has 31 heavy (non-hydrogen) atoms. The van der Waals surface area contributed by atoms with E-state index in [2.05, 4.69) is 21.4 Å². The summed E-state index contributed by atoms with van der Waals surface area (Å²) in [4.78, 5) is 21.4. The number of allylic oxidation sites excluding steroid dienone is 2. The lowest BCUT2D eigenvalue weighted by Gasteiger charge is -2.19. The van der Waals surface area contributed by atoms with Gasteiger partial charge in [0.25, 0.3) is 12.0 Å². The molecule has 0 saturated carbocycles. The maximum atomic E-state index is 14.6. The van der Waals surface area contributed by atoms with E-state index in [0.717, 1.165) is 37.3 Å². The Morgan fingerprint density at radius 1 is 1.16 bits per heavy atom. The molecule has 8 heteroatoms. The van der Waals surface area contributed by atoms with Crippen molar-refractivity contribution in [2.75, 3.05) is 5.32 Å². The van der Waals surface area contributed by atoms with Crippen molar-refractivity contribution in [1.29, 1.82) is 0 Å². The van der Waals surface area contributed by atoms with Gasteiger partial charge < -0.3 is 5.32 Å². The first-order chi connectivity index (χ1) is 14.9. The smallest absolute Gasteiger partial charge is 0.266 e. The van der Waals surface area contributed by atoms with Gasteiger partial charge in [0.15, 0.2) is 0 Å². The number of nitrogens with one attached hydrogen (secondary N) is 1. The maximum absolute atomic E-state index is 14.6. The second kappa shape index (κ2) is 8.53. The van der Waals surface area contributed by atoms with E-state index < -0.39 is 23.8 Å². The van der Waals surface area contributed by atoms with Gasteiger partial charge in [0.2, 0.25) is 0 Å². The van der Waals surface area contributed by atoms with Crippen molar-refractivity contribution < 1.29 is 13.2 Å². The molecule has 1 aliphatic rings. The average Bonchev–Trinajstić information content (AvgIpc) is 2.77. The van der Waals surface area contributed by atoms with Crippen molar-refractivity contribution in [3.8, 4) is 0 Å². The Hall–Kier alpha value is -3.16. The van der Waals surface area contributed by atoms with E-state index in [1.54, 1.807) is 20.0 Å². The first-order valence-electron chi connectivity index (χ1n) is 10.3. The van der Waals surface area contributed by atoms with Gasteiger partial charge in [-0.05, 0) is 44.2 Å². The summed E-state index contributed by atoms with van der Waals surface area (Å²) >= 11 is 0. The molecule has 1 aromatic carbocycles. The van der Waals surface area contributed by atoms with Crippen LogP contribution in [0.25, 0.3) is 16.6 Å². The molecule has 0 bridgehead atoms. The lowest BCUT2D eigenvalue weighted by molar-refractivity contribution is 0.146. The summed E-state index contributed by atoms with van der Waals surface area (Å²) in [6, 6.07) is 5.10. The number of hydrogen-bond donors (Lipinski definition) is 1. The summed E-state index contributed by atoms with van der Waals surface area (Å²) in [5, 5.41) is 3.73. The third kappa shape index (κ3) is 3.94. The third-order valence-corrected chi connectivity index (χ3v) is 5.75. The van der Waals surface area contributed by atoms with Crippen LogP contribution in [0.2, 0.25) is 0 Å². The first kappa shape index (κ1) is 21.1. The highest BCUT2D eigenvalue weighted by Gasteiger charge is 2.21. The van der Waals surface area contributed by atoms with Crippen LogP contribution >= 0.6 is 0 Å². The van der Waals surface area contributed by atoms with E-state index in [1.165, 1.54) is 23.0 Å². The van der Waals surface area contributed by atoms with Gasteiger partial charge in [-0.15, -0.1) is 0 Å². The van der Waals surface area contributed by atoms with Crippen LogP contribution in [0.1, 0.15) is 61.8 Å². The first-order valence-corrected chi connectivity index (χ1v) is 10.3. The number of benzene rings is 1. The molecule has 0 unspecified atom stereocenters. The average molecular weight is 428 g/mol. The van der Waals surface area contributed by atoms with Crippen molar-refractivity contribution in [2.24, 2.45) is 7.05 Å². The van der Waals surface area contributed by atoms with Gasteiger partial charge in [-0.1, -0.05) is 24.3 Å². The molecular weight excluding hydrogens is 405 g/mol. The van der Waals surface area contributed by atoms with Crippen LogP contribution in [0.4, 0.5) is 19.0 Å². The lowest BCUT2D eigenvalue weighted by Crippen LogP contribution is -2.23. The summed E-state index contributed by atoms with van der Waals surface area (Å²) in [6.45, 7) is 1.67. The molecule has 4 rings (SSSR count). The minimum absolute atomic E-state index is 0.115. The van der Waals surface area contributed by atoms with Crippen LogP contribution in [0.3, 0.4) is 0 Å². The SMILES string of the molecule is C[C@@H](Nc1ncnc2c1cc(C1=CCCCC1)c(=O)n2C)c1cccc(C(F)F)c1F. The zero-order valence-electron chi connectivity index (χ0n) is 17.3. The van der Waals surface area contributed by atoms with Gasteiger partial charge >= 0.3 is 0 Å². The zero-order valence-corrected chi connectivity index (χ0v) is 17.3. The minimum Gasteiger partial charge on any atom is -0.363 e. The van der Waals surface area contributed by atoms with E-state index in [0.29, 0.717) is 22.4 Å². The van der Waals surface area contributed by atoms with Gasteiger partial charge in [-0.2, -0.15) is 0 Å². The van der Waals surface area contributed by atoms with Gasteiger partial charge in [0, 0.05) is 18.2 Å². The van der Waals surface area contributed by atoms with Crippen LogP contribution in [0, 0.1) is 5.82 Å². The molecule has 3 aromatic rings. The summed E-state index contributed by atoms with van der Waals surface area (Å²) in [5.41, 5.74) is 1.40. The molecule has 0 amide bonds. The molecule has 0 saturated heterocycles. The van der Waals surface area contributed by atoms with Crippen molar-refractivity contribution in [1.82, 2.24) is 14.5 Å². The van der Waals surface area contributed by atoms with Crippen LogP contribution in [0.5, 0.6) is 0 Å². The summed E-state index contributed by atoms with van der Waals surface area (Å²) in [6.07, 6.45) is 4.42. The molecule has 0 aliphatic heterocycles. The number of anilines is 1. The Labute approximate surface area is 177 Å². The Bertz CT molecular complexity index is 1220. The predicted octanol–water partition coefficient (Wildman–Crippen LogP) is 5.54. The molecule has 5 nitrogen and oxygen atoms in total. The number of nitrogens with zero attached hydrogens (tertiary/aromatic N) is 3. The fraction of sp³-hybridized carbons (Fsp3) is 0.348. The summed E-state index contributed by atoms with van der Waals surface area (Å²) in [5.74, 6) is -0.524. The highest BCUT2D eigenvalue weighted by Crippen LogP contribution is 2.31. The molecule has 162 valence electrons. The monoisotopic (exact) mass is 428 g/mol. The Balaban J connectivity index is 1.78. The van der Waals surface area contributed by atoms with E-state index in [-0.39, 0.29) is 11.1 Å². The van der Waals surface area contributed by atoms with E-state index >= 15 is 0 Å². The Kier molecular flexibility index (Phi) is 5.80. The highest BCUT2D eigenvalue weighted by molar-refractivity contribution is 5.89. The topological polar surface area (TPSA) is 59.8 Å². The number of aryl methyl sites for hydroxylation is 1. The molecule has 1 aliphatic carbocycles. The van der Waals surface area contributed by atoms with Crippen LogP contribution in [-0.4, -0.2) is 14.5 Å². The lowest BCUT2D eigenvalue weighted by atomic mass is 9.94. The molecule has 2 heterocycles. The van der Waals surface area contributed by atoms with Gasteiger partial charge in [0.05, 0.1) is 17.0 Å². The standard InChI is InChI=1S/C23H23F3N4O/c1-13(15-9-6-10-16(19(15)24)20(25)26)29-21-18-11-17(14-7-4-3-5-8-14)23(31)30(2)22(18)28-12-27-21/h6-7,9-13,20H,3-5,8H2,1-2H3,(H,27,28,29)/t13-/m1/s1. The van der Waals surface area contributed by atoms with Crippen molar-refractivity contribution >= 4 is 22.4 Å². The number of pyridine rings is 1. The summed E-state index contributed by atoms with van der Waals surface area (Å²) in [7, 11) is 1.66. The number of alkyl halides is 2. The van der Waals surface area contributed by atoms with Crippen LogP contribution in [-0.2, 0) is 7.05 Å². The largest absolute Gasteiger partial charge is 0.363 e. The predicted molar refractivity (Wildman–Crippen MR) is 115 cm³/mol. The minimum atomic E-state index is -2.90. The second-order valence-corrected chi connectivity index (χ2v) is 7.77. The molecule has 0 fully saturated rings. The van der Waals surface area contributed by atoms with Crippen LogP contribution < -0.4 is 10.9 Å². The fourth-order valence-corrected chi connectivity index (χ4v) is 4.05. The number of aromatic nitrogens is 3. The quantitative estimate of drug-likeness (QED) is 0.580. The molecule has 0 radical (unpaired) electrons. The number of halogens is 3.